The highest BCUT2D eigenvalue weighted by Gasteiger charge is 2.17. The monoisotopic (exact) mass is 301 g/mol. The minimum absolute atomic E-state index is 0.0688. The average Bonchev–Trinajstić information content (AvgIpc) is 2.39. The number of halogens is 2. The Morgan fingerprint density at radius 2 is 1.95 bits per heavy atom. The molecule has 21 heavy (non-hydrogen) atoms. The van der Waals surface area contributed by atoms with Crippen LogP contribution < -0.4 is 10.1 Å². The van der Waals surface area contributed by atoms with E-state index in [2.05, 4.69) is 5.32 Å². The van der Waals surface area contributed by atoms with Crippen LogP contribution in [-0.2, 0) is 4.79 Å². The smallest absolute Gasteiger partial charge is 0.260 e. The maximum atomic E-state index is 13.0. The summed E-state index contributed by atoms with van der Waals surface area (Å²) in [6.07, 6.45) is -0.913. The lowest BCUT2D eigenvalue weighted by atomic mass is 10.1. The first-order valence-electron chi connectivity index (χ1n) is 6.87. The van der Waals surface area contributed by atoms with Gasteiger partial charge in [0.05, 0.1) is 6.10 Å². The van der Waals surface area contributed by atoms with Gasteiger partial charge in [-0.25, -0.2) is 8.78 Å². The first-order chi connectivity index (χ1) is 9.79. The van der Waals surface area contributed by atoms with Crippen molar-refractivity contribution >= 4 is 5.91 Å². The Bertz CT molecular complexity index is 480. The van der Waals surface area contributed by atoms with Gasteiger partial charge in [0.25, 0.3) is 5.91 Å². The van der Waals surface area contributed by atoms with Gasteiger partial charge in [0.2, 0.25) is 0 Å². The first kappa shape index (κ1) is 17.4. The molecule has 1 rings (SSSR count). The lowest BCUT2D eigenvalue weighted by molar-refractivity contribution is -0.127. The van der Waals surface area contributed by atoms with Crippen molar-refractivity contribution in [3.05, 3.63) is 29.8 Å². The summed E-state index contributed by atoms with van der Waals surface area (Å²) < 4.78 is 31.0. The molecule has 1 aromatic rings. The van der Waals surface area contributed by atoms with Gasteiger partial charge in [-0.15, -0.1) is 0 Å². The van der Waals surface area contributed by atoms with Crippen molar-refractivity contribution in [1.29, 1.82) is 0 Å². The third-order valence-corrected chi connectivity index (χ3v) is 2.83. The Labute approximate surface area is 123 Å². The van der Waals surface area contributed by atoms with E-state index in [1.165, 1.54) is 13.0 Å². The molecule has 1 aromatic carbocycles. The van der Waals surface area contributed by atoms with Crippen LogP contribution >= 0.6 is 0 Å². The number of aliphatic hydroxyl groups excluding tert-OH is 1. The van der Waals surface area contributed by atoms with Crippen LogP contribution in [0, 0.1) is 17.6 Å². The number of aliphatic hydroxyl groups is 1. The largest absolute Gasteiger partial charge is 0.481 e. The van der Waals surface area contributed by atoms with Gasteiger partial charge in [-0.2, -0.15) is 0 Å². The summed E-state index contributed by atoms with van der Waals surface area (Å²) in [5, 5.41) is 12.2. The predicted octanol–water partition coefficient (Wildman–Crippen LogP) is 2.26. The Kier molecular flexibility index (Phi) is 6.55. The van der Waals surface area contributed by atoms with E-state index >= 15 is 0 Å². The fraction of sp³-hybridized carbons (Fsp3) is 0.533. The van der Waals surface area contributed by atoms with E-state index in [1.54, 1.807) is 0 Å². The molecule has 2 unspecified atom stereocenters. The fourth-order valence-corrected chi connectivity index (χ4v) is 1.80. The zero-order valence-electron chi connectivity index (χ0n) is 12.4. The van der Waals surface area contributed by atoms with E-state index < -0.39 is 29.7 Å². The van der Waals surface area contributed by atoms with Gasteiger partial charge in [0, 0.05) is 12.6 Å². The molecule has 0 aliphatic carbocycles. The maximum Gasteiger partial charge on any atom is 0.260 e. The number of carbonyl (C=O) groups is 1. The molecule has 2 atom stereocenters. The van der Waals surface area contributed by atoms with Crippen molar-refractivity contribution in [3.63, 3.8) is 0 Å². The van der Waals surface area contributed by atoms with E-state index in [0.29, 0.717) is 12.3 Å². The van der Waals surface area contributed by atoms with E-state index in [0.717, 1.165) is 12.1 Å². The van der Waals surface area contributed by atoms with Crippen LogP contribution in [0.1, 0.15) is 27.2 Å². The SMILES string of the molecule is CC(C)CC(O)CNC(=O)C(C)Oc1ccc(F)c(F)c1. The zero-order valence-corrected chi connectivity index (χ0v) is 12.4. The van der Waals surface area contributed by atoms with E-state index in [9.17, 15) is 18.7 Å². The van der Waals surface area contributed by atoms with Gasteiger partial charge >= 0.3 is 0 Å². The van der Waals surface area contributed by atoms with Gasteiger partial charge in [-0.3, -0.25) is 4.79 Å². The van der Waals surface area contributed by atoms with Crippen LogP contribution in [0.15, 0.2) is 18.2 Å². The standard InChI is InChI=1S/C15H21F2NO3/c1-9(2)6-11(19)8-18-15(20)10(3)21-12-4-5-13(16)14(17)7-12/h4-5,7,9-11,19H,6,8H2,1-3H3,(H,18,20). The summed E-state index contributed by atoms with van der Waals surface area (Å²) in [4.78, 5) is 11.8. The van der Waals surface area contributed by atoms with Crippen molar-refractivity contribution in [2.24, 2.45) is 5.92 Å². The van der Waals surface area contributed by atoms with Gasteiger partial charge in [-0.05, 0) is 31.4 Å². The number of amides is 1. The molecule has 4 nitrogen and oxygen atoms in total. The minimum Gasteiger partial charge on any atom is -0.481 e. The molecule has 0 heterocycles. The number of carbonyl (C=O) groups excluding carboxylic acids is 1. The minimum atomic E-state index is -1.03. The molecule has 0 spiro atoms. The molecular weight excluding hydrogens is 280 g/mol. The molecule has 118 valence electrons. The molecule has 6 heteroatoms. The fourth-order valence-electron chi connectivity index (χ4n) is 1.80. The van der Waals surface area contributed by atoms with Crippen molar-refractivity contribution in [1.82, 2.24) is 5.32 Å². The summed E-state index contributed by atoms with van der Waals surface area (Å²) in [5.74, 6) is -2.04. The van der Waals surface area contributed by atoms with Crippen LogP contribution in [0.25, 0.3) is 0 Å². The van der Waals surface area contributed by atoms with Gasteiger partial charge in [0.15, 0.2) is 17.7 Å². The summed E-state index contributed by atoms with van der Waals surface area (Å²) in [7, 11) is 0. The molecule has 0 aliphatic heterocycles. The zero-order chi connectivity index (χ0) is 16.0. The molecule has 0 saturated heterocycles. The topological polar surface area (TPSA) is 58.6 Å². The van der Waals surface area contributed by atoms with E-state index in [-0.39, 0.29) is 12.3 Å². The second kappa shape index (κ2) is 7.93. The third kappa shape index (κ3) is 6.08. The number of hydrogen-bond acceptors (Lipinski definition) is 3. The van der Waals surface area contributed by atoms with Crippen molar-refractivity contribution in [2.75, 3.05) is 6.54 Å². The third-order valence-electron chi connectivity index (χ3n) is 2.83. The van der Waals surface area contributed by atoms with Crippen LogP contribution in [0.3, 0.4) is 0 Å². The summed E-state index contributed by atoms with van der Waals surface area (Å²) >= 11 is 0. The molecule has 0 bridgehead atoms. The second-order valence-corrected chi connectivity index (χ2v) is 5.36. The number of rotatable bonds is 7. The van der Waals surface area contributed by atoms with Gasteiger partial charge < -0.3 is 15.2 Å². The second-order valence-electron chi connectivity index (χ2n) is 5.36. The Hall–Kier alpha value is -1.69. The Morgan fingerprint density at radius 3 is 2.52 bits per heavy atom. The first-order valence-corrected chi connectivity index (χ1v) is 6.87. The Morgan fingerprint density at radius 1 is 1.29 bits per heavy atom. The normalized spacial score (nSPS) is 13.9. The highest BCUT2D eigenvalue weighted by Crippen LogP contribution is 2.16. The van der Waals surface area contributed by atoms with Crippen molar-refractivity contribution in [2.45, 2.75) is 39.4 Å². The van der Waals surface area contributed by atoms with Gasteiger partial charge in [0.1, 0.15) is 5.75 Å². The molecule has 0 fully saturated rings. The molecule has 1 amide bonds. The highest BCUT2D eigenvalue weighted by molar-refractivity contribution is 5.80. The molecule has 0 aromatic heterocycles. The quantitative estimate of drug-likeness (QED) is 0.812. The number of ether oxygens (including phenoxy) is 1. The number of nitrogens with one attached hydrogen (secondary N) is 1. The number of benzene rings is 1. The summed E-state index contributed by atoms with van der Waals surface area (Å²) in [6.45, 7) is 5.56. The summed E-state index contributed by atoms with van der Waals surface area (Å²) in [6, 6.07) is 3.06. The van der Waals surface area contributed by atoms with E-state index in [1.807, 2.05) is 13.8 Å². The molecular formula is C15H21F2NO3. The maximum absolute atomic E-state index is 13.0. The predicted molar refractivity (Wildman–Crippen MR) is 74.9 cm³/mol. The molecule has 0 radical (unpaired) electrons. The number of hydrogen-bond donors (Lipinski definition) is 2. The van der Waals surface area contributed by atoms with Crippen LogP contribution in [-0.4, -0.2) is 29.8 Å². The van der Waals surface area contributed by atoms with Crippen LogP contribution in [0.4, 0.5) is 8.78 Å². The van der Waals surface area contributed by atoms with Crippen molar-refractivity contribution < 1.29 is 23.4 Å². The summed E-state index contributed by atoms with van der Waals surface area (Å²) in [5.41, 5.74) is 0. The lowest BCUT2D eigenvalue weighted by Gasteiger charge is -2.17. The van der Waals surface area contributed by atoms with Crippen LogP contribution in [0.2, 0.25) is 0 Å². The average molecular weight is 301 g/mol. The Balaban J connectivity index is 2.45. The molecule has 0 saturated carbocycles. The van der Waals surface area contributed by atoms with Crippen LogP contribution in [0.5, 0.6) is 5.75 Å². The molecule has 0 aliphatic rings. The van der Waals surface area contributed by atoms with Crippen molar-refractivity contribution in [3.8, 4) is 5.75 Å². The van der Waals surface area contributed by atoms with Gasteiger partial charge in [-0.1, -0.05) is 13.8 Å². The highest BCUT2D eigenvalue weighted by atomic mass is 19.2. The van der Waals surface area contributed by atoms with E-state index in [4.69, 9.17) is 4.74 Å². The molecule has 2 N–H and O–H groups in total. The lowest BCUT2D eigenvalue weighted by Crippen LogP contribution is -2.40.